The van der Waals surface area contributed by atoms with Crippen molar-refractivity contribution in [2.75, 3.05) is 0 Å². The van der Waals surface area contributed by atoms with E-state index in [0.717, 1.165) is 0 Å². The number of hydrogen-bond acceptors (Lipinski definition) is 0. The fourth-order valence-electron chi connectivity index (χ4n) is 0.227. The quantitative estimate of drug-likeness (QED) is 0.553. The molecule has 0 fully saturated rings. The van der Waals surface area contributed by atoms with Gasteiger partial charge in [0.15, 0.2) is 0 Å². The van der Waals surface area contributed by atoms with Crippen LogP contribution in [0.5, 0.6) is 0 Å². The SMILES string of the molecule is CC.CC.c1cc[se]c1. The maximum atomic E-state index is 2.19. The van der Waals surface area contributed by atoms with Crippen LogP contribution in [-0.4, -0.2) is 14.5 Å². The van der Waals surface area contributed by atoms with Crippen molar-refractivity contribution in [3.63, 3.8) is 0 Å². The molecule has 9 heavy (non-hydrogen) atoms. The molecular formula is C8H16Se. The Morgan fingerprint density at radius 2 is 1.11 bits per heavy atom. The first-order valence-electron chi connectivity index (χ1n) is 3.47. The number of rotatable bonds is 0. The van der Waals surface area contributed by atoms with E-state index in [2.05, 4.69) is 22.0 Å². The molecule has 0 aliphatic heterocycles. The van der Waals surface area contributed by atoms with E-state index < -0.39 is 0 Å². The van der Waals surface area contributed by atoms with Crippen LogP contribution in [0, 0.1) is 0 Å². The average molecular weight is 191 g/mol. The minimum absolute atomic E-state index is 0.708. The summed E-state index contributed by atoms with van der Waals surface area (Å²) in [6, 6.07) is 4.17. The van der Waals surface area contributed by atoms with Crippen LogP contribution < -0.4 is 0 Å². The molecule has 1 heterocycles. The van der Waals surface area contributed by atoms with Gasteiger partial charge in [-0.25, -0.2) is 0 Å². The van der Waals surface area contributed by atoms with Gasteiger partial charge in [-0.2, -0.15) is 0 Å². The van der Waals surface area contributed by atoms with Crippen LogP contribution in [0.1, 0.15) is 27.7 Å². The Kier molecular flexibility index (Phi) is 20.5. The van der Waals surface area contributed by atoms with Gasteiger partial charge >= 0.3 is 36.5 Å². The predicted octanol–water partition coefficient (Wildman–Crippen LogP) is 2.80. The molecule has 0 spiro atoms. The minimum atomic E-state index is 0.708. The van der Waals surface area contributed by atoms with Crippen molar-refractivity contribution in [3.8, 4) is 0 Å². The second kappa shape index (κ2) is 15.7. The molecule has 54 valence electrons. The van der Waals surface area contributed by atoms with Crippen LogP contribution in [0.25, 0.3) is 0 Å². The molecule has 0 saturated heterocycles. The summed E-state index contributed by atoms with van der Waals surface area (Å²) < 4.78 is 0. The molecule has 0 radical (unpaired) electrons. The molecule has 0 aliphatic carbocycles. The van der Waals surface area contributed by atoms with Crippen molar-refractivity contribution in [1.29, 1.82) is 0 Å². The molecule has 0 N–H and O–H groups in total. The standard InChI is InChI=1S/C4H4Se.2C2H6/c1-2-4-5-3-1;2*1-2/h1-4H;2*1-2H3. The summed E-state index contributed by atoms with van der Waals surface area (Å²) in [6.07, 6.45) is 0. The van der Waals surface area contributed by atoms with Crippen molar-refractivity contribution in [3.05, 3.63) is 22.0 Å². The van der Waals surface area contributed by atoms with E-state index in [4.69, 9.17) is 0 Å². The average Bonchev–Trinajstić information content (AvgIpc) is 2.51. The van der Waals surface area contributed by atoms with Gasteiger partial charge in [0.1, 0.15) is 0 Å². The van der Waals surface area contributed by atoms with E-state index in [0.29, 0.717) is 14.5 Å². The maximum absolute atomic E-state index is 2.19. The Bertz CT molecular complexity index is 61.0. The molecule has 1 heteroatoms. The summed E-state index contributed by atoms with van der Waals surface area (Å²) in [5.74, 6) is 0. The summed E-state index contributed by atoms with van der Waals surface area (Å²) in [7, 11) is 0. The topological polar surface area (TPSA) is 0 Å². The molecule has 0 nitrogen and oxygen atoms in total. The Balaban J connectivity index is 0. The zero-order chi connectivity index (χ0) is 7.54. The zero-order valence-electron chi connectivity index (χ0n) is 6.72. The van der Waals surface area contributed by atoms with Crippen molar-refractivity contribution in [1.82, 2.24) is 0 Å². The first-order chi connectivity index (χ1) is 4.50. The molecule has 0 unspecified atom stereocenters. The normalized spacial score (nSPS) is 5.78. The van der Waals surface area contributed by atoms with E-state index in [9.17, 15) is 0 Å². The van der Waals surface area contributed by atoms with Gasteiger partial charge in [0.05, 0.1) is 0 Å². The van der Waals surface area contributed by atoms with Crippen LogP contribution in [0.4, 0.5) is 0 Å². The van der Waals surface area contributed by atoms with Gasteiger partial charge in [-0.3, -0.25) is 0 Å². The molecule has 0 aliphatic rings. The van der Waals surface area contributed by atoms with E-state index >= 15 is 0 Å². The summed E-state index contributed by atoms with van der Waals surface area (Å²) >= 11 is 0.708. The van der Waals surface area contributed by atoms with Crippen molar-refractivity contribution in [2.24, 2.45) is 0 Å². The molecule has 1 aromatic heterocycles. The fraction of sp³-hybridized carbons (Fsp3) is 0.500. The second-order valence-electron chi connectivity index (χ2n) is 0.793. The van der Waals surface area contributed by atoms with Crippen molar-refractivity contribution >= 4 is 14.5 Å². The second-order valence-corrected chi connectivity index (χ2v) is 2.51. The first-order valence-corrected chi connectivity index (χ1v) is 5.45. The van der Waals surface area contributed by atoms with Gasteiger partial charge < -0.3 is 0 Å². The first kappa shape index (κ1) is 11.8. The number of hydrogen-bond donors (Lipinski definition) is 0. The summed E-state index contributed by atoms with van der Waals surface area (Å²) in [5, 5.41) is 0. The molecule has 0 saturated carbocycles. The third-order valence-corrected chi connectivity index (χ3v) is 1.74. The fourth-order valence-corrected chi connectivity index (χ4v) is 1.18. The van der Waals surface area contributed by atoms with Crippen molar-refractivity contribution < 1.29 is 0 Å². The van der Waals surface area contributed by atoms with Crippen LogP contribution in [-0.2, 0) is 0 Å². The van der Waals surface area contributed by atoms with E-state index in [-0.39, 0.29) is 0 Å². The molecule has 1 rings (SSSR count). The summed E-state index contributed by atoms with van der Waals surface area (Å²) in [6.45, 7) is 8.00. The Labute approximate surface area is 64.7 Å². The van der Waals surface area contributed by atoms with Gasteiger partial charge in [0, 0.05) is 0 Å². The predicted molar refractivity (Wildman–Crippen MR) is 46.1 cm³/mol. The monoisotopic (exact) mass is 192 g/mol. The van der Waals surface area contributed by atoms with Crippen LogP contribution >= 0.6 is 0 Å². The molecule has 1 aromatic rings. The molecule has 0 atom stereocenters. The van der Waals surface area contributed by atoms with Crippen LogP contribution in [0.2, 0.25) is 0 Å². The van der Waals surface area contributed by atoms with E-state index in [1.807, 2.05) is 27.7 Å². The zero-order valence-corrected chi connectivity index (χ0v) is 8.43. The van der Waals surface area contributed by atoms with Gasteiger partial charge in [-0.15, -0.1) is 0 Å². The van der Waals surface area contributed by atoms with E-state index in [1.165, 1.54) is 0 Å². The van der Waals surface area contributed by atoms with Gasteiger partial charge in [-0.1, -0.05) is 27.7 Å². The molecule has 0 aromatic carbocycles. The van der Waals surface area contributed by atoms with Gasteiger partial charge in [0.2, 0.25) is 0 Å². The van der Waals surface area contributed by atoms with Gasteiger partial charge in [0.25, 0.3) is 0 Å². The van der Waals surface area contributed by atoms with E-state index in [1.54, 1.807) is 0 Å². The molecule has 0 bridgehead atoms. The Hall–Kier alpha value is -0.000519. The van der Waals surface area contributed by atoms with Gasteiger partial charge in [-0.05, 0) is 0 Å². The van der Waals surface area contributed by atoms with Crippen LogP contribution in [0.3, 0.4) is 0 Å². The Morgan fingerprint density at radius 3 is 1.22 bits per heavy atom. The third kappa shape index (κ3) is 11.5. The molecular weight excluding hydrogens is 175 g/mol. The summed E-state index contributed by atoms with van der Waals surface area (Å²) in [4.78, 5) is 4.38. The molecule has 0 amide bonds. The summed E-state index contributed by atoms with van der Waals surface area (Å²) in [5.41, 5.74) is 0. The van der Waals surface area contributed by atoms with Crippen LogP contribution in [0.15, 0.2) is 22.0 Å². The van der Waals surface area contributed by atoms with Crippen molar-refractivity contribution in [2.45, 2.75) is 27.7 Å². The third-order valence-electron chi connectivity index (χ3n) is 0.425. The Morgan fingerprint density at radius 1 is 0.778 bits per heavy atom.